The molecule has 0 aliphatic carbocycles. The number of para-hydroxylation sites is 1. The average Bonchev–Trinajstić information content (AvgIpc) is 2.95. The Morgan fingerprint density at radius 2 is 2.14 bits per heavy atom. The quantitative estimate of drug-likeness (QED) is 0.862. The zero-order valence-corrected chi connectivity index (χ0v) is 13.0. The predicted molar refractivity (Wildman–Crippen MR) is 85.6 cm³/mol. The molecule has 0 fully saturated rings. The van der Waals surface area contributed by atoms with Crippen LogP contribution in [-0.2, 0) is 15.2 Å². The Kier molecular flexibility index (Phi) is 3.70. The van der Waals surface area contributed by atoms with Gasteiger partial charge in [-0.15, -0.1) is 0 Å². The molecule has 2 aliphatic heterocycles. The average molecular weight is 319 g/mol. The SMILES string of the molecule is CCCCN1C(=O)C(O)(C2SC(N)=NC2=O)c2ccccc21. The van der Waals surface area contributed by atoms with Crippen molar-refractivity contribution in [3.05, 3.63) is 29.8 Å². The number of carbonyl (C=O) groups is 2. The van der Waals surface area contributed by atoms with Crippen LogP contribution in [0.4, 0.5) is 5.69 Å². The zero-order chi connectivity index (χ0) is 15.9. The fourth-order valence-corrected chi connectivity index (χ4v) is 3.82. The number of aliphatic imine (C=N–C) groups is 1. The number of unbranched alkanes of at least 4 members (excludes halogenated alkanes) is 1. The summed E-state index contributed by atoms with van der Waals surface area (Å²) in [5.74, 6) is -1.04. The van der Waals surface area contributed by atoms with Crippen molar-refractivity contribution in [2.24, 2.45) is 10.7 Å². The summed E-state index contributed by atoms with van der Waals surface area (Å²) in [4.78, 5) is 30.1. The number of aliphatic hydroxyl groups is 1. The molecule has 0 bridgehead atoms. The molecule has 1 aromatic rings. The Hall–Kier alpha value is -1.86. The third-order valence-electron chi connectivity index (χ3n) is 3.97. The number of hydrogen-bond acceptors (Lipinski definition) is 5. The molecular weight excluding hydrogens is 302 g/mol. The van der Waals surface area contributed by atoms with Gasteiger partial charge in [0, 0.05) is 12.1 Å². The van der Waals surface area contributed by atoms with E-state index in [0.29, 0.717) is 17.8 Å². The van der Waals surface area contributed by atoms with Crippen LogP contribution in [0.1, 0.15) is 25.3 Å². The zero-order valence-electron chi connectivity index (χ0n) is 12.2. The van der Waals surface area contributed by atoms with Crippen LogP contribution in [0, 0.1) is 0 Å². The van der Waals surface area contributed by atoms with Crippen LogP contribution in [0.5, 0.6) is 0 Å². The molecular formula is C15H17N3O3S. The van der Waals surface area contributed by atoms with E-state index in [0.717, 1.165) is 24.6 Å². The third kappa shape index (κ3) is 2.04. The molecule has 2 unspecified atom stereocenters. The molecule has 0 aromatic heterocycles. The van der Waals surface area contributed by atoms with Crippen LogP contribution in [0.25, 0.3) is 0 Å². The minimum Gasteiger partial charge on any atom is -0.378 e. The van der Waals surface area contributed by atoms with Crippen LogP contribution in [0.2, 0.25) is 0 Å². The Labute approximate surface area is 132 Å². The Morgan fingerprint density at radius 1 is 1.41 bits per heavy atom. The Morgan fingerprint density at radius 3 is 2.77 bits per heavy atom. The molecule has 0 saturated heterocycles. The lowest BCUT2D eigenvalue weighted by Crippen LogP contribution is -2.49. The van der Waals surface area contributed by atoms with Crippen LogP contribution in [0.3, 0.4) is 0 Å². The van der Waals surface area contributed by atoms with Gasteiger partial charge in [-0.25, -0.2) is 0 Å². The lowest BCUT2D eigenvalue weighted by Gasteiger charge is -2.26. The number of carbonyl (C=O) groups excluding carboxylic acids is 2. The predicted octanol–water partition coefficient (Wildman–Crippen LogP) is 0.978. The maximum Gasteiger partial charge on any atom is 0.265 e. The highest BCUT2D eigenvalue weighted by molar-refractivity contribution is 8.15. The van der Waals surface area contributed by atoms with Gasteiger partial charge in [-0.05, 0) is 12.5 Å². The van der Waals surface area contributed by atoms with E-state index in [1.54, 1.807) is 23.1 Å². The molecule has 6 nitrogen and oxygen atoms in total. The van der Waals surface area contributed by atoms with E-state index in [9.17, 15) is 14.7 Å². The minimum absolute atomic E-state index is 0.0840. The van der Waals surface area contributed by atoms with Crippen molar-refractivity contribution in [1.29, 1.82) is 0 Å². The number of anilines is 1. The number of benzene rings is 1. The van der Waals surface area contributed by atoms with Crippen molar-refractivity contribution >= 4 is 34.4 Å². The first-order valence-corrected chi connectivity index (χ1v) is 8.06. The van der Waals surface area contributed by atoms with E-state index in [2.05, 4.69) is 4.99 Å². The summed E-state index contributed by atoms with van der Waals surface area (Å²) in [7, 11) is 0. The van der Waals surface area contributed by atoms with Crippen LogP contribution >= 0.6 is 11.8 Å². The summed E-state index contributed by atoms with van der Waals surface area (Å²) in [5, 5.41) is 10.2. The third-order valence-corrected chi connectivity index (χ3v) is 5.09. The van der Waals surface area contributed by atoms with E-state index < -0.39 is 22.7 Å². The molecule has 116 valence electrons. The van der Waals surface area contributed by atoms with Gasteiger partial charge in [0.1, 0.15) is 5.25 Å². The first kappa shape index (κ1) is 15.1. The second kappa shape index (κ2) is 5.40. The summed E-state index contributed by atoms with van der Waals surface area (Å²) < 4.78 is 0. The maximum atomic E-state index is 12.8. The number of rotatable bonds is 4. The van der Waals surface area contributed by atoms with Crippen LogP contribution < -0.4 is 10.6 Å². The van der Waals surface area contributed by atoms with Gasteiger partial charge < -0.3 is 15.7 Å². The summed E-state index contributed by atoms with van der Waals surface area (Å²) in [6.07, 6.45) is 1.75. The largest absolute Gasteiger partial charge is 0.378 e. The van der Waals surface area contributed by atoms with Gasteiger partial charge in [0.05, 0.1) is 5.69 Å². The molecule has 0 saturated carbocycles. The van der Waals surface area contributed by atoms with Crippen molar-refractivity contribution in [2.75, 3.05) is 11.4 Å². The molecule has 2 atom stereocenters. The molecule has 1 aromatic carbocycles. The monoisotopic (exact) mass is 319 g/mol. The van der Waals surface area contributed by atoms with Crippen LogP contribution in [-0.4, -0.2) is 33.9 Å². The smallest absolute Gasteiger partial charge is 0.265 e. The summed E-state index contributed by atoms with van der Waals surface area (Å²) in [5.41, 5.74) is 4.78. The van der Waals surface area contributed by atoms with Crippen molar-refractivity contribution in [3.63, 3.8) is 0 Å². The van der Waals surface area contributed by atoms with Crippen molar-refractivity contribution in [2.45, 2.75) is 30.6 Å². The van der Waals surface area contributed by atoms with Gasteiger partial charge in [0.15, 0.2) is 10.8 Å². The number of fused-ring (bicyclic) bond motifs is 1. The van der Waals surface area contributed by atoms with Crippen molar-refractivity contribution in [3.8, 4) is 0 Å². The van der Waals surface area contributed by atoms with E-state index in [1.807, 2.05) is 13.0 Å². The van der Waals surface area contributed by atoms with Gasteiger partial charge in [-0.1, -0.05) is 43.3 Å². The van der Waals surface area contributed by atoms with Gasteiger partial charge in [-0.2, -0.15) is 4.99 Å². The first-order valence-electron chi connectivity index (χ1n) is 7.18. The van der Waals surface area contributed by atoms with Crippen molar-refractivity contribution < 1.29 is 14.7 Å². The lowest BCUT2D eigenvalue weighted by molar-refractivity contribution is -0.140. The number of hydrogen-bond donors (Lipinski definition) is 2. The Balaban J connectivity index is 2.05. The van der Waals surface area contributed by atoms with Gasteiger partial charge in [0.25, 0.3) is 11.8 Å². The van der Waals surface area contributed by atoms with Gasteiger partial charge in [0.2, 0.25) is 0 Å². The number of amidine groups is 1. The molecule has 2 heterocycles. The molecule has 7 heteroatoms. The topological polar surface area (TPSA) is 96.0 Å². The van der Waals surface area contributed by atoms with Gasteiger partial charge >= 0.3 is 0 Å². The number of nitrogens with zero attached hydrogens (tertiary/aromatic N) is 2. The van der Waals surface area contributed by atoms with E-state index in [-0.39, 0.29) is 5.17 Å². The van der Waals surface area contributed by atoms with E-state index in [1.165, 1.54) is 0 Å². The second-order valence-corrected chi connectivity index (χ2v) is 6.51. The highest BCUT2D eigenvalue weighted by Crippen LogP contribution is 2.47. The number of nitrogens with two attached hydrogens (primary N) is 1. The first-order chi connectivity index (χ1) is 10.5. The highest BCUT2D eigenvalue weighted by atomic mass is 32.2. The normalized spacial score (nSPS) is 27.3. The van der Waals surface area contributed by atoms with E-state index in [4.69, 9.17) is 5.73 Å². The van der Waals surface area contributed by atoms with Crippen molar-refractivity contribution in [1.82, 2.24) is 0 Å². The Bertz CT molecular complexity index is 676. The van der Waals surface area contributed by atoms with Crippen LogP contribution in [0.15, 0.2) is 29.3 Å². The molecule has 0 radical (unpaired) electrons. The fourth-order valence-electron chi connectivity index (χ4n) is 2.88. The molecule has 2 amide bonds. The number of amides is 2. The highest BCUT2D eigenvalue weighted by Gasteiger charge is 2.58. The maximum absolute atomic E-state index is 12.8. The second-order valence-electron chi connectivity index (χ2n) is 5.38. The molecule has 22 heavy (non-hydrogen) atoms. The summed E-state index contributed by atoms with van der Waals surface area (Å²) in [6.45, 7) is 2.54. The minimum atomic E-state index is -1.91. The molecule has 3 N–H and O–H groups in total. The number of thioether (sulfide) groups is 1. The standard InChI is InChI=1S/C15H17N3O3S/c1-2-3-8-18-10-7-5-4-6-9(10)15(21,13(18)20)11-12(19)17-14(16)22-11/h4-7,11,21H,2-3,8H2,1H3,(H2,16,17,19). The van der Waals surface area contributed by atoms with Gasteiger partial charge in [-0.3, -0.25) is 9.59 Å². The molecule has 2 aliphatic rings. The fraction of sp³-hybridized carbons (Fsp3) is 0.400. The lowest BCUT2D eigenvalue weighted by atomic mass is 9.91. The molecule has 0 spiro atoms. The van der Waals surface area contributed by atoms with E-state index >= 15 is 0 Å². The molecule has 3 rings (SSSR count). The summed E-state index contributed by atoms with van der Waals surface area (Å²) >= 11 is 0.944. The summed E-state index contributed by atoms with van der Waals surface area (Å²) in [6, 6.07) is 7.02.